The molecule has 56 heteroatoms. The molecule has 12 N–H and O–H groups in total. The van der Waals surface area contributed by atoms with Crippen LogP contribution in [0, 0.1) is 16.5 Å². The van der Waals surface area contributed by atoms with Gasteiger partial charge in [-0.05, 0) is 38.4 Å². The molecule has 121 heavy (non-hydrogen) atoms. The molecule has 686 valence electrons. The molecule has 2 atom stereocenters. The van der Waals surface area contributed by atoms with E-state index in [1.165, 1.54) is 30.6 Å². The first kappa shape index (κ1) is 108. The smallest absolute Gasteiger partial charge is 0.380 e. The Kier molecular flexibility index (Phi) is 56.4. The van der Waals surface area contributed by atoms with Gasteiger partial charge in [-0.2, -0.15) is 29.4 Å². The molecule has 2 unspecified atom stereocenters. The number of aromatic nitrogens is 15. The number of rotatable bonds is 39. The Morgan fingerprint density at radius 3 is 1.45 bits per heavy atom. The molecule has 9 heterocycles. The van der Waals surface area contributed by atoms with Gasteiger partial charge in [-0.1, -0.05) is 5.16 Å². The number of carbonyl (C=O) groups excluding carboxylic acids is 2. The maximum absolute atomic E-state index is 11.1. The number of amides is 3. The van der Waals surface area contributed by atoms with Crippen molar-refractivity contribution in [3.8, 4) is 5.75 Å². The van der Waals surface area contributed by atoms with Crippen LogP contribution in [0.3, 0.4) is 0 Å². The van der Waals surface area contributed by atoms with Crippen LogP contribution in [-0.4, -0.2) is 392 Å². The van der Waals surface area contributed by atoms with E-state index in [1.807, 2.05) is 73.7 Å². The summed E-state index contributed by atoms with van der Waals surface area (Å²) in [6.07, 6.45) is 2.33. The summed E-state index contributed by atoms with van der Waals surface area (Å²) in [6, 6.07) is 1.47. The summed E-state index contributed by atoms with van der Waals surface area (Å²) in [6.45, 7) is 14.8. The molecule has 7 aromatic heterocycles. The lowest BCUT2D eigenvalue weighted by atomic mass is 10.2. The number of likely N-dealkylation sites (N-methyl/N-ethyl adjacent to an activating group) is 10. The number of carbonyl (C=O) groups is 2. The van der Waals surface area contributed by atoms with Crippen LogP contribution < -0.4 is 83.1 Å². The summed E-state index contributed by atoms with van der Waals surface area (Å²) in [4.78, 5) is 112. The number of guanidine groups is 1. The van der Waals surface area contributed by atoms with Gasteiger partial charge in [-0.15, -0.1) is 14.6 Å². The number of methoxy groups -OCH3 is 10. The Bertz CT molecular complexity index is 4200. The Balaban J connectivity index is 0.000000672. The zero-order valence-corrected chi connectivity index (χ0v) is 74.5. The molecular formula is C65H119N29O24S3. The van der Waals surface area contributed by atoms with Gasteiger partial charge in [0.2, 0.25) is 34.5 Å². The predicted octanol–water partition coefficient (Wildman–Crippen LogP) is -2.17. The van der Waals surface area contributed by atoms with Gasteiger partial charge in [-0.3, -0.25) is 44.9 Å². The zero-order valence-electron chi connectivity index (χ0n) is 72.1. The van der Waals surface area contributed by atoms with Gasteiger partial charge < -0.3 is 120 Å². The van der Waals surface area contributed by atoms with Crippen LogP contribution in [0.15, 0.2) is 65.1 Å². The third-order valence-corrected chi connectivity index (χ3v) is 16.4. The zero-order chi connectivity index (χ0) is 90.8. The molecule has 1 aromatic carbocycles. The third-order valence-electron chi connectivity index (χ3n) is 15.5. The molecule has 0 radical (unpaired) electrons. The highest BCUT2D eigenvalue weighted by Gasteiger charge is 2.32. The van der Waals surface area contributed by atoms with Crippen LogP contribution in [0.25, 0.3) is 0 Å². The highest BCUT2D eigenvalue weighted by molar-refractivity contribution is 7.79. The number of ether oxygens (including phenoxy) is 10. The van der Waals surface area contributed by atoms with Crippen molar-refractivity contribution in [1.29, 1.82) is 0 Å². The molecule has 1 saturated heterocycles. The van der Waals surface area contributed by atoms with Gasteiger partial charge in [0.1, 0.15) is 23.0 Å². The number of hydroxylamine groups is 1. The average Bonchev–Trinajstić information content (AvgIpc) is 1.68. The number of aromatic amines is 8. The van der Waals surface area contributed by atoms with E-state index in [2.05, 4.69) is 110 Å². The van der Waals surface area contributed by atoms with Gasteiger partial charge in [0.25, 0.3) is 16.8 Å². The number of imide groups is 1. The van der Waals surface area contributed by atoms with Crippen LogP contribution >= 0.6 is 24.4 Å². The van der Waals surface area contributed by atoms with Crippen molar-refractivity contribution in [2.45, 2.75) is 13.1 Å². The highest BCUT2D eigenvalue weighted by Crippen LogP contribution is 2.19. The SMILES string of the molecule is COCCN(C)C1=NS(=O)ON1.COCCN(C)C1NC(=O)NC1=O.COCCN(C)c1c(O)c(=O)c1=O.COCCN(C)c1c[nH]oc1=O.COCCN(C)c1cc(=O)o[nH]1.COCCN(C)c1n[nH]c(=O)[nH]1.COCCN(C)c1n[nH]c(C)n1.COCCN(C)c1nc(=S)[nH][nH]1.COCCN(C)c1nc(=S)o[nH]1.COCCN(C)c1ncno1. The van der Waals surface area contributed by atoms with Gasteiger partial charge in [0.05, 0.1) is 78.3 Å². The number of nitrogens with zero attached hydrogens (tertiary/aromatic N) is 18. The van der Waals surface area contributed by atoms with Crippen LogP contribution in [0.2, 0.25) is 0 Å². The van der Waals surface area contributed by atoms with E-state index in [4.69, 9.17) is 86.0 Å². The monoisotopic (exact) mass is 1790 g/mol. The number of aromatic hydroxyl groups is 1. The number of urea groups is 1. The molecule has 1 fully saturated rings. The summed E-state index contributed by atoms with van der Waals surface area (Å²) in [5.74, 6) is 3.79. The van der Waals surface area contributed by atoms with E-state index in [0.29, 0.717) is 151 Å². The molecule has 10 rings (SSSR count). The molecule has 2 aliphatic heterocycles. The average molecular weight is 1790 g/mol. The summed E-state index contributed by atoms with van der Waals surface area (Å²) < 4.78 is 86.6. The van der Waals surface area contributed by atoms with Gasteiger partial charge in [0.15, 0.2) is 18.2 Å². The number of anilines is 8. The fourth-order valence-corrected chi connectivity index (χ4v) is 9.01. The van der Waals surface area contributed by atoms with Crippen LogP contribution in [0.5, 0.6) is 5.75 Å². The standard InChI is InChI=1S/C8H11NO4.C7H14N4O.C7H13N3O3.2C7H12N2O3.C6H12N4O2.C6H12N4OS.C6H11N3O2S.C6H11N3O2.C5H11N3O3S/c1-9(3-4-13-2)5-6(10)8(12)7(5)11;1-6-8-7(10-9-6)11(2)4-5-12-3;1-10(3-4-13-2)5-6(11)9-7(12)8-5;1-9(3-4-11-2)6-5-8-12-7(6)10;1-9(3-4-11-2)6-5-7(10)12-8-6;1-10(3-4-12-2)5-7-6(11)9-8-5;1-10(3-4-11-2)5-7-6(12)9-8-5;1-9(3-4-10-2)5-7-6(12)11-8-5;1-9(3-4-10-2)6-7-5-8-11-6;1-8(3-4-10-2)5-6-11-12(9)7-5/h10H,3-4H2,1-2H3;4-5H2,1-3H3,(H,8,9,10);5H,3-4H2,1-2H3,(H2,8,9,11,12);2*5,8H,3-4H2,1-2H3;3-4H2,1-2H3,(H2,7,8,9,11);3-4H2,1-2H3,(H2,7,8,9,12);3-4H2,1-2H3,(H,7,8,12);5H,3-4H2,1-2H3;3-4H2,1-2H3,(H,6,7). The molecule has 0 saturated carbocycles. The minimum absolute atomic E-state index is 0.0852. The normalized spacial score (nSPS) is 12.6. The second-order valence-corrected chi connectivity index (χ2v) is 26.2. The van der Waals surface area contributed by atoms with Gasteiger partial charge in [0, 0.05) is 200 Å². The first-order chi connectivity index (χ1) is 57.8. The molecule has 53 nitrogen and oxygen atoms in total. The molecule has 3 amide bonds. The van der Waals surface area contributed by atoms with Crippen molar-refractivity contribution in [2.75, 3.05) is 312 Å². The Morgan fingerprint density at radius 2 is 1.03 bits per heavy atom. The molecule has 0 spiro atoms. The molecule has 8 aromatic rings. The molecular weight excluding hydrogens is 1670 g/mol. The van der Waals surface area contributed by atoms with E-state index in [-0.39, 0.29) is 33.4 Å². The van der Waals surface area contributed by atoms with E-state index in [0.717, 1.165) is 38.0 Å². The summed E-state index contributed by atoms with van der Waals surface area (Å²) in [5.41, 5.74) is 0.590. The predicted molar refractivity (Wildman–Crippen MR) is 452 cm³/mol. The Morgan fingerprint density at radius 1 is 0.529 bits per heavy atom. The molecule has 0 aliphatic carbocycles. The number of nitrogens with one attached hydrogen (secondary N) is 11. The fourth-order valence-electron chi connectivity index (χ4n) is 8.24. The first-order valence-electron chi connectivity index (χ1n) is 36.2. The number of H-pyrrole nitrogens is 8. The lowest BCUT2D eigenvalue weighted by Gasteiger charge is -2.20. The van der Waals surface area contributed by atoms with E-state index < -0.39 is 40.1 Å². The fraction of sp³-hybridized carbons (Fsp3) is 0.646. The first-order valence-corrected chi connectivity index (χ1v) is 38.0. The van der Waals surface area contributed by atoms with Crippen LogP contribution in [0.4, 0.5) is 51.8 Å². The highest BCUT2D eigenvalue weighted by atomic mass is 32.2. The number of hydrogen-bond acceptors (Lipinski definition) is 44. The van der Waals surface area contributed by atoms with Crippen LogP contribution in [-0.2, 0) is 67.7 Å². The topological polar surface area (TPSA) is 608 Å². The van der Waals surface area contributed by atoms with E-state index in [9.17, 15) is 37.8 Å². The van der Waals surface area contributed by atoms with Crippen molar-refractivity contribution in [3.05, 3.63) is 85.8 Å². The van der Waals surface area contributed by atoms with Crippen molar-refractivity contribution < 1.29 is 88.6 Å². The number of aryl methyl sites for hydroxylation is 1. The summed E-state index contributed by atoms with van der Waals surface area (Å²) in [7, 11) is 34.5. The quantitative estimate of drug-likeness (QED) is 0.0111. The van der Waals surface area contributed by atoms with Crippen LogP contribution in [0.1, 0.15) is 5.82 Å². The lowest BCUT2D eigenvalue weighted by Crippen LogP contribution is -2.45. The van der Waals surface area contributed by atoms with E-state index in [1.54, 1.807) is 112 Å². The number of hydrogen-bond donors (Lipinski definition) is 12. The van der Waals surface area contributed by atoms with E-state index >= 15 is 0 Å². The lowest BCUT2D eigenvalue weighted by molar-refractivity contribution is -0.123. The van der Waals surface area contributed by atoms with Crippen molar-refractivity contribution in [1.82, 2.24) is 102 Å². The second-order valence-electron chi connectivity index (χ2n) is 24.7. The minimum atomic E-state index is -1.58. The van der Waals surface area contributed by atoms with Crippen molar-refractivity contribution in [2.24, 2.45) is 4.40 Å². The molecule has 2 aliphatic rings. The maximum Gasteiger partial charge on any atom is 0.380 e. The summed E-state index contributed by atoms with van der Waals surface area (Å²) >= 11 is 7.92. The minimum Gasteiger partial charge on any atom is -0.502 e. The summed E-state index contributed by atoms with van der Waals surface area (Å²) in [5, 5.41) is 43.0. The second kappa shape index (κ2) is 63.2. The Labute approximate surface area is 709 Å². The van der Waals surface area contributed by atoms with Gasteiger partial charge >= 0.3 is 45.1 Å². The third kappa shape index (κ3) is 44.3. The van der Waals surface area contributed by atoms with Crippen molar-refractivity contribution >= 4 is 101 Å². The van der Waals surface area contributed by atoms with Gasteiger partial charge in [-0.25, -0.2) is 44.3 Å². The Hall–Kier alpha value is -10.9. The van der Waals surface area contributed by atoms with Crippen molar-refractivity contribution in [3.63, 3.8) is 0 Å². The maximum atomic E-state index is 11.1. The largest absolute Gasteiger partial charge is 0.502 e. The molecule has 0 bridgehead atoms.